The van der Waals surface area contributed by atoms with Gasteiger partial charge in [-0.2, -0.15) is 0 Å². The maximum Gasteiger partial charge on any atom is 0.521 e. The molecule has 9 nitrogen and oxygen atoms in total. The van der Waals surface area contributed by atoms with Gasteiger partial charge in [0.25, 0.3) is 0 Å². The number of ether oxygens (including phenoxy) is 2. The zero-order valence-corrected chi connectivity index (χ0v) is 20.7. The van der Waals surface area contributed by atoms with Gasteiger partial charge < -0.3 is 13.7 Å². The lowest BCUT2D eigenvalue weighted by atomic mass is 9.94. The molecule has 1 heterocycles. The highest BCUT2D eigenvalue weighted by molar-refractivity contribution is 7.82. The third-order valence-corrected chi connectivity index (χ3v) is 6.00. The molecule has 1 aliphatic rings. The van der Waals surface area contributed by atoms with Gasteiger partial charge in [0.1, 0.15) is 17.1 Å². The zero-order valence-electron chi connectivity index (χ0n) is 19.8. The fourth-order valence-corrected chi connectivity index (χ4v) is 4.15. The molecule has 0 aromatic heterocycles. The first kappa shape index (κ1) is 25.1. The summed E-state index contributed by atoms with van der Waals surface area (Å²) in [6, 6.07) is 21.6. The van der Waals surface area contributed by atoms with E-state index < -0.39 is 22.1 Å². The van der Waals surface area contributed by atoms with E-state index in [0.717, 1.165) is 16.7 Å². The maximum absolute atomic E-state index is 12.0. The number of oxime groups is 1. The maximum atomic E-state index is 12.0. The molecule has 0 saturated heterocycles. The molecule has 4 rings (SSSR count). The van der Waals surface area contributed by atoms with E-state index in [1.54, 1.807) is 36.4 Å². The van der Waals surface area contributed by atoms with Crippen LogP contribution in [0.3, 0.4) is 0 Å². The summed E-state index contributed by atoms with van der Waals surface area (Å²) in [7, 11) is -4.34. The molecule has 10 heteroatoms. The van der Waals surface area contributed by atoms with E-state index in [4.69, 9.17) is 13.7 Å². The van der Waals surface area contributed by atoms with Crippen LogP contribution in [0.15, 0.2) is 78.0 Å². The van der Waals surface area contributed by atoms with Crippen molar-refractivity contribution in [2.45, 2.75) is 32.3 Å². The van der Waals surface area contributed by atoms with Gasteiger partial charge >= 0.3 is 16.5 Å². The summed E-state index contributed by atoms with van der Waals surface area (Å²) in [5.41, 5.74) is 2.67. The Hall–Kier alpha value is -4.05. The number of nitrogens with zero attached hydrogens (tertiary/aromatic N) is 1. The lowest BCUT2D eigenvalue weighted by molar-refractivity contribution is 0.0418. The highest BCUT2D eigenvalue weighted by Crippen LogP contribution is 2.37. The molecule has 188 valence electrons. The number of fused-ring (bicyclic) bond motifs is 1. The summed E-state index contributed by atoms with van der Waals surface area (Å²) in [6.07, 6.45) is 1.84. The first-order valence-corrected chi connectivity index (χ1v) is 12.6. The number of hydrogen-bond acceptors (Lipinski definition) is 8. The van der Waals surface area contributed by atoms with E-state index >= 15 is 0 Å². The van der Waals surface area contributed by atoms with Crippen LogP contribution in [-0.2, 0) is 25.0 Å². The third-order valence-electron chi connectivity index (χ3n) is 5.34. The molecular formula is C26H26N2O7S. The van der Waals surface area contributed by atoms with Crippen LogP contribution in [0.2, 0.25) is 0 Å². The van der Waals surface area contributed by atoms with Crippen LogP contribution in [0.25, 0.3) is 11.1 Å². The second-order valence-electron chi connectivity index (χ2n) is 8.47. The van der Waals surface area contributed by atoms with Crippen LogP contribution in [0.4, 0.5) is 10.5 Å². The minimum atomic E-state index is -4.34. The van der Waals surface area contributed by atoms with Gasteiger partial charge in [-0.1, -0.05) is 47.6 Å². The summed E-state index contributed by atoms with van der Waals surface area (Å²) < 4.78 is 44.5. The Bertz CT molecular complexity index is 1340. The Balaban J connectivity index is 1.20. The van der Waals surface area contributed by atoms with E-state index in [9.17, 15) is 13.2 Å². The van der Waals surface area contributed by atoms with Crippen LogP contribution in [-0.4, -0.2) is 27.3 Å². The first-order valence-electron chi connectivity index (χ1n) is 11.3. The van der Waals surface area contributed by atoms with Crippen molar-refractivity contribution < 1.29 is 31.2 Å². The Kier molecular flexibility index (Phi) is 7.44. The average Bonchev–Trinajstić information content (AvgIpc) is 2.84. The molecule has 1 amide bonds. The normalized spacial score (nSPS) is 14.4. The van der Waals surface area contributed by atoms with Gasteiger partial charge in [-0.25, -0.2) is 9.08 Å². The molecule has 36 heavy (non-hydrogen) atoms. The number of nitrogens with one attached hydrogen (secondary N) is 1. The lowest BCUT2D eigenvalue weighted by Gasteiger charge is -2.32. The van der Waals surface area contributed by atoms with Crippen molar-refractivity contribution in [1.82, 2.24) is 0 Å². The molecule has 1 aliphatic heterocycles. The Morgan fingerprint density at radius 1 is 0.972 bits per heavy atom. The van der Waals surface area contributed by atoms with Gasteiger partial charge in [-0.05, 0) is 68.1 Å². The molecule has 0 radical (unpaired) electrons. The predicted molar refractivity (Wildman–Crippen MR) is 135 cm³/mol. The Labute approximate surface area is 210 Å². The number of carbonyl (C=O) groups excluding carboxylic acids is 1. The Morgan fingerprint density at radius 3 is 2.42 bits per heavy atom. The molecule has 0 unspecified atom stereocenters. The van der Waals surface area contributed by atoms with Crippen molar-refractivity contribution in [2.75, 3.05) is 11.9 Å². The van der Waals surface area contributed by atoms with Crippen molar-refractivity contribution in [2.24, 2.45) is 5.16 Å². The number of anilines is 1. The Morgan fingerprint density at radius 2 is 1.67 bits per heavy atom. The number of benzene rings is 3. The van der Waals surface area contributed by atoms with Crippen LogP contribution < -0.4 is 14.2 Å². The standard InChI is InChI=1S/C26H26N2O7S/c1-26(2)23-18-22(14-15-24(23)28-25(29)33-26)32-17-7-6-16-27-35-36(30,31)34-21-12-10-20(11-13-21)19-8-4-3-5-9-19/h3-5,8-16,18H,6-7,17H2,1-2H3,(H,28,29). The van der Waals surface area contributed by atoms with Gasteiger partial charge in [0.15, 0.2) is 0 Å². The van der Waals surface area contributed by atoms with E-state index in [1.165, 1.54) is 6.21 Å². The summed E-state index contributed by atoms with van der Waals surface area (Å²) in [5, 5.41) is 6.14. The van der Waals surface area contributed by atoms with Gasteiger partial charge in [-0.3, -0.25) is 5.32 Å². The number of rotatable bonds is 10. The van der Waals surface area contributed by atoms with Gasteiger partial charge in [0, 0.05) is 11.8 Å². The molecular weight excluding hydrogens is 484 g/mol. The largest absolute Gasteiger partial charge is 0.521 e. The number of hydrogen-bond donors (Lipinski definition) is 1. The smallest absolute Gasteiger partial charge is 0.494 e. The van der Waals surface area contributed by atoms with Crippen LogP contribution in [0, 0.1) is 0 Å². The fraction of sp³-hybridized carbons (Fsp3) is 0.231. The molecule has 3 aromatic carbocycles. The number of cyclic esters (lactones) is 1. The summed E-state index contributed by atoms with van der Waals surface area (Å²) in [5.74, 6) is 0.750. The van der Waals surface area contributed by atoms with Crippen molar-refractivity contribution in [3.05, 3.63) is 78.4 Å². The molecule has 0 spiro atoms. The fourth-order valence-electron chi connectivity index (χ4n) is 3.61. The van der Waals surface area contributed by atoms with E-state index in [2.05, 4.69) is 14.8 Å². The molecule has 0 saturated carbocycles. The topological polar surface area (TPSA) is 113 Å². The highest BCUT2D eigenvalue weighted by Gasteiger charge is 2.33. The first-order chi connectivity index (χ1) is 17.2. The second kappa shape index (κ2) is 10.7. The van der Waals surface area contributed by atoms with Gasteiger partial charge in [-0.15, -0.1) is 8.42 Å². The van der Waals surface area contributed by atoms with E-state index in [1.807, 2.05) is 50.2 Å². The van der Waals surface area contributed by atoms with Crippen LogP contribution in [0.1, 0.15) is 32.3 Å². The SMILES string of the molecule is CC1(C)OC(=O)Nc2ccc(OCCCC=NOS(=O)(=O)Oc3ccc(-c4ccccc4)cc3)cc21. The number of amides is 1. The minimum Gasteiger partial charge on any atom is -0.494 e. The molecule has 3 aromatic rings. The molecule has 1 N–H and O–H groups in total. The molecule has 0 fully saturated rings. The second-order valence-corrected chi connectivity index (χ2v) is 9.60. The van der Waals surface area contributed by atoms with Gasteiger partial charge in [0.05, 0.1) is 12.3 Å². The minimum absolute atomic E-state index is 0.122. The van der Waals surface area contributed by atoms with E-state index in [0.29, 0.717) is 30.9 Å². The lowest BCUT2D eigenvalue weighted by Crippen LogP contribution is -2.34. The summed E-state index contributed by atoms with van der Waals surface area (Å²) >= 11 is 0. The molecule has 0 bridgehead atoms. The van der Waals surface area contributed by atoms with Crippen molar-refractivity contribution >= 4 is 28.4 Å². The number of unbranched alkanes of at least 4 members (excludes halogenated alkanes) is 1. The average molecular weight is 511 g/mol. The quantitative estimate of drug-likeness (QED) is 0.213. The van der Waals surface area contributed by atoms with Crippen molar-refractivity contribution in [3.8, 4) is 22.6 Å². The monoisotopic (exact) mass is 510 g/mol. The summed E-state index contributed by atoms with van der Waals surface area (Å²) in [4.78, 5) is 11.6. The zero-order chi connectivity index (χ0) is 25.6. The van der Waals surface area contributed by atoms with E-state index in [-0.39, 0.29) is 5.75 Å². The van der Waals surface area contributed by atoms with Crippen molar-refractivity contribution in [3.63, 3.8) is 0 Å². The van der Waals surface area contributed by atoms with Crippen LogP contribution >= 0.6 is 0 Å². The summed E-state index contributed by atoms with van der Waals surface area (Å²) in [6.45, 7) is 3.99. The molecule has 0 atom stereocenters. The third kappa shape index (κ3) is 6.54. The van der Waals surface area contributed by atoms with Crippen molar-refractivity contribution in [1.29, 1.82) is 0 Å². The van der Waals surface area contributed by atoms with Crippen LogP contribution in [0.5, 0.6) is 11.5 Å². The molecule has 0 aliphatic carbocycles. The number of carbonyl (C=O) groups is 1. The predicted octanol–water partition coefficient (Wildman–Crippen LogP) is 5.64. The highest BCUT2D eigenvalue weighted by atomic mass is 32.3. The van der Waals surface area contributed by atoms with Gasteiger partial charge in [0.2, 0.25) is 0 Å².